The Morgan fingerprint density at radius 3 is 2.66 bits per heavy atom. The third kappa shape index (κ3) is 3.79. The molecule has 0 saturated heterocycles. The Kier molecular flexibility index (Phi) is 7.02. The van der Waals surface area contributed by atoms with Gasteiger partial charge in [0.15, 0.2) is 6.29 Å². The van der Waals surface area contributed by atoms with Crippen molar-refractivity contribution in [1.29, 1.82) is 0 Å². The maximum absolute atomic E-state index is 14.1. The SMILES string of the molecule is CC.COCc1c(C(O)C=O)cc2n(c1=O)Cc1c-2nc2cc(F)c(N)cc2c1CCN. The van der Waals surface area contributed by atoms with Crippen LogP contribution in [0, 0.1) is 5.82 Å². The molecule has 9 heteroatoms. The molecule has 0 aliphatic carbocycles. The van der Waals surface area contributed by atoms with Gasteiger partial charge in [-0.1, -0.05) is 13.8 Å². The van der Waals surface area contributed by atoms with Crippen molar-refractivity contribution in [2.24, 2.45) is 5.73 Å². The van der Waals surface area contributed by atoms with Crippen LogP contribution in [-0.4, -0.2) is 34.6 Å². The van der Waals surface area contributed by atoms with Gasteiger partial charge in [0.1, 0.15) is 11.9 Å². The molecule has 1 atom stereocenters. The molecule has 0 amide bonds. The first kappa shape index (κ1) is 23.5. The van der Waals surface area contributed by atoms with Crippen LogP contribution in [0.1, 0.15) is 42.2 Å². The van der Waals surface area contributed by atoms with Crippen molar-refractivity contribution in [3.63, 3.8) is 0 Å². The summed E-state index contributed by atoms with van der Waals surface area (Å²) in [6, 6.07) is 4.36. The lowest BCUT2D eigenvalue weighted by Crippen LogP contribution is -2.26. The molecular weight excluding hydrogens is 415 g/mol. The lowest BCUT2D eigenvalue weighted by Gasteiger charge is -2.14. The van der Waals surface area contributed by atoms with Gasteiger partial charge in [-0.3, -0.25) is 4.79 Å². The zero-order valence-electron chi connectivity index (χ0n) is 18.3. The van der Waals surface area contributed by atoms with E-state index in [-0.39, 0.29) is 35.5 Å². The van der Waals surface area contributed by atoms with E-state index in [4.69, 9.17) is 16.2 Å². The summed E-state index contributed by atoms with van der Waals surface area (Å²) in [5, 5.41) is 10.8. The second-order valence-corrected chi connectivity index (χ2v) is 7.22. The summed E-state index contributed by atoms with van der Waals surface area (Å²) in [5.74, 6) is -0.587. The molecule has 1 aliphatic heterocycles. The van der Waals surface area contributed by atoms with E-state index < -0.39 is 11.9 Å². The molecule has 0 spiro atoms. The van der Waals surface area contributed by atoms with E-state index in [2.05, 4.69) is 4.98 Å². The highest BCUT2D eigenvalue weighted by atomic mass is 19.1. The minimum atomic E-state index is -1.47. The predicted octanol–water partition coefficient (Wildman–Crippen LogP) is 2.05. The number of aliphatic hydroxyl groups excluding tert-OH is 1. The molecule has 3 heterocycles. The Morgan fingerprint density at radius 2 is 2.03 bits per heavy atom. The van der Waals surface area contributed by atoms with Gasteiger partial charge in [-0.25, -0.2) is 9.37 Å². The molecular formula is C23H27FN4O4. The topological polar surface area (TPSA) is 133 Å². The number of rotatable bonds is 6. The molecule has 1 aliphatic rings. The van der Waals surface area contributed by atoms with Gasteiger partial charge in [0, 0.05) is 35.3 Å². The van der Waals surface area contributed by atoms with Crippen LogP contribution < -0.4 is 17.0 Å². The number of fused-ring (bicyclic) bond motifs is 4. The Bertz CT molecular complexity index is 1240. The van der Waals surface area contributed by atoms with E-state index in [1.54, 1.807) is 6.07 Å². The van der Waals surface area contributed by atoms with Gasteiger partial charge in [0.05, 0.1) is 35.7 Å². The number of carbonyl (C=O) groups is 1. The molecule has 3 aromatic rings. The number of nitrogen functional groups attached to an aromatic ring is 1. The van der Waals surface area contributed by atoms with Gasteiger partial charge >= 0.3 is 0 Å². The standard InChI is InChI=1S/C21H21FN4O4.C2H6/c1-30-9-14-12(19(28)8-27)5-18-20-13(7-26(18)21(14)29)10(2-3-23)11-4-16(24)15(22)6-17(11)25-20;1-2/h4-6,8,19,28H,2-3,7,9,23-24H2,1H3;1-2H3. The van der Waals surface area contributed by atoms with Gasteiger partial charge in [-0.2, -0.15) is 0 Å². The zero-order chi connectivity index (χ0) is 23.6. The summed E-state index contributed by atoms with van der Waals surface area (Å²) in [6.45, 7) is 4.54. The van der Waals surface area contributed by atoms with Crippen molar-refractivity contribution in [2.75, 3.05) is 19.4 Å². The predicted molar refractivity (Wildman–Crippen MR) is 121 cm³/mol. The van der Waals surface area contributed by atoms with Crippen LogP contribution >= 0.6 is 0 Å². The number of nitrogens with two attached hydrogens (primary N) is 2. The number of pyridine rings is 2. The third-order valence-electron chi connectivity index (χ3n) is 5.45. The fraction of sp³-hybridized carbons (Fsp3) is 0.348. The first-order chi connectivity index (χ1) is 15.4. The molecule has 8 nitrogen and oxygen atoms in total. The molecule has 0 bridgehead atoms. The van der Waals surface area contributed by atoms with Gasteiger partial charge in [-0.15, -0.1) is 0 Å². The number of carbonyl (C=O) groups excluding carboxylic acids is 1. The molecule has 2 aromatic heterocycles. The van der Waals surface area contributed by atoms with Crippen LogP contribution in [0.25, 0.3) is 22.3 Å². The summed E-state index contributed by atoms with van der Waals surface area (Å²) >= 11 is 0. The highest BCUT2D eigenvalue weighted by Gasteiger charge is 2.29. The Morgan fingerprint density at radius 1 is 1.31 bits per heavy atom. The lowest BCUT2D eigenvalue weighted by atomic mass is 9.97. The fourth-order valence-electron chi connectivity index (χ4n) is 4.07. The minimum absolute atomic E-state index is 0.00831. The molecule has 170 valence electrons. The summed E-state index contributed by atoms with van der Waals surface area (Å²) in [4.78, 5) is 29.0. The van der Waals surface area contributed by atoms with Crippen LogP contribution in [-0.2, 0) is 29.1 Å². The number of aromatic nitrogens is 2. The van der Waals surface area contributed by atoms with Crippen molar-refractivity contribution < 1.29 is 19.0 Å². The highest BCUT2D eigenvalue weighted by molar-refractivity contribution is 5.90. The maximum Gasteiger partial charge on any atom is 0.257 e. The molecule has 32 heavy (non-hydrogen) atoms. The summed E-state index contributed by atoms with van der Waals surface area (Å²) in [6.07, 6.45) is -0.629. The van der Waals surface area contributed by atoms with Crippen molar-refractivity contribution in [2.45, 2.75) is 39.5 Å². The first-order valence-electron chi connectivity index (χ1n) is 10.4. The van der Waals surface area contributed by atoms with Crippen LogP contribution in [0.15, 0.2) is 23.0 Å². The van der Waals surface area contributed by atoms with Crippen LogP contribution in [0.2, 0.25) is 0 Å². The van der Waals surface area contributed by atoms with Gasteiger partial charge < -0.3 is 30.7 Å². The van der Waals surface area contributed by atoms with Crippen LogP contribution in [0.4, 0.5) is 10.1 Å². The first-order valence-corrected chi connectivity index (χ1v) is 10.4. The third-order valence-corrected chi connectivity index (χ3v) is 5.45. The van der Waals surface area contributed by atoms with Crippen LogP contribution in [0.5, 0.6) is 0 Å². The van der Waals surface area contributed by atoms with E-state index in [9.17, 15) is 19.1 Å². The average Bonchev–Trinajstić information content (AvgIpc) is 3.16. The number of halogens is 1. The fourth-order valence-corrected chi connectivity index (χ4v) is 4.07. The summed E-state index contributed by atoms with van der Waals surface area (Å²) in [5.41, 5.74) is 14.5. The Labute approximate surface area is 184 Å². The average molecular weight is 442 g/mol. The normalized spacial score (nSPS) is 12.7. The van der Waals surface area contributed by atoms with Gasteiger partial charge in [0.2, 0.25) is 0 Å². The van der Waals surface area contributed by atoms with Gasteiger partial charge in [-0.05, 0) is 30.7 Å². The van der Waals surface area contributed by atoms with Crippen molar-refractivity contribution in [1.82, 2.24) is 9.55 Å². The van der Waals surface area contributed by atoms with E-state index in [0.717, 1.165) is 11.1 Å². The van der Waals surface area contributed by atoms with Crippen molar-refractivity contribution >= 4 is 22.9 Å². The van der Waals surface area contributed by atoms with Crippen molar-refractivity contribution in [3.05, 3.63) is 56.6 Å². The summed E-state index contributed by atoms with van der Waals surface area (Å²) < 4.78 is 20.7. The van der Waals surface area contributed by atoms with Crippen molar-refractivity contribution in [3.8, 4) is 11.4 Å². The quantitative estimate of drug-likeness (QED) is 0.307. The molecule has 0 saturated carbocycles. The second kappa shape index (κ2) is 9.56. The number of methoxy groups -OCH3 is 1. The smallest absolute Gasteiger partial charge is 0.257 e. The number of hydrogen-bond acceptors (Lipinski definition) is 7. The molecule has 0 fully saturated rings. The minimum Gasteiger partial charge on any atom is -0.396 e. The van der Waals surface area contributed by atoms with E-state index in [0.29, 0.717) is 41.5 Å². The number of hydrogen-bond donors (Lipinski definition) is 3. The van der Waals surface area contributed by atoms with Gasteiger partial charge in [0.25, 0.3) is 5.56 Å². The molecule has 1 aromatic carbocycles. The number of aliphatic hydroxyl groups is 1. The Balaban J connectivity index is 0.00000141. The molecule has 4 rings (SSSR count). The molecule has 5 N–H and O–H groups in total. The number of benzene rings is 1. The lowest BCUT2D eigenvalue weighted by molar-refractivity contribution is -0.115. The number of aldehydes is 1. The number of anilines is 1. The zero-order valence-corrected chi connectivity index (χ0v) is 18.3. The Hall–Kier alpha value is -3.14. The largest absolute Gasteiger partial charge is 0.396 e. The van der Waals surface area contributed by atoms with E-state index >= 15 is 0 Å². The molecule has 1 unspecified atom stereocenters. The van der Waals surface area contributed by atoms with Crippen LogP contribution in [0.3, 0.4) is 0 Å². The monoisotopic (exact) mass is 442 g/mol. The molecule has 0 radical (unpaired) electrons. The maximum atomic E-state index is 14.1. The number of ether oxygens (including phenoxy) is 1. The summed E-state index contributed by atoms with van der Waals surface area (Å²) in [7, 11) is 1.43. The number of nitrogens with zero attached hydrogens (tertiary/aromatic N) is 2. The van der Waals surface area contributed by atoms with E-state index in [1.165, 1.54) is 23.8 Å². The highest BCUT2D eigenvalue weighted by Crippen LogP contribution is 2.37. The second-order valence-electron chi connectivity index (χ2n) is 7.22. The van der Waals surface area contributed by atoms with E-state index in [1.807, 2.05) is 13.8 Å².